The molecule has 1 atom stereocenters. The molecule has 1 rings (SSSR count). The molecule has 0 aromatic carbocycles. The molecule has 1 saturated carbocycles. The second-order valence-electron chi connectivity index (χ2n) is 4.20. The SMILES string of the molecule is C=C(C)C(CSC1CCCC1)NCC. The average Bonchev–Trinajstić information content (AvgIpc) is 2.64. The van der Waals surface area contributed by atoms with Crippen LogP contribution in [0.15, 0.2) is 12.2 Å². The fourth-order valence-electron chi connectivity index (χ4n) is 1.91. The maximum atomic E-state index is 4.04. The summed E-state index contributed by atoms with van der Waals surface area (Å²) in [5, 5.41) is 4.41. The maximum absolute atomic E-state index is 4.04. The van der Waals surface area contributed by atoms with Gasteiger partial charge in [0.25, 0.3) is 0 Å². The van der Waals surface area contributed by atoms with Crippen LogP contribution in [0.1, 0.15) is 39.5 Å². The standard InChI is InChI=1S/C12H23NS/c1-4-13-12(10(2)3)9-14-11-7-5-6-8-11/h11-13H,2,4-9H2,1,3H3. The third-order valence-electron chi connectivity index (χ3n) is 2.85. The van der Waals surface area contributed by atoms with Crippen molar-refractivity contribution in [3.05, 3.63) is 12.2 Å². The molecule has 0 saturated heterocycles. The van der Waals surface area contributed by atoms with E-state index in [-0.39, 0.29) is 0 Å². The summed E-state index contributed by atoms with van der Waals surface area (Å²) >= 11 is 2.14. The van der Waals surface area contributed by atoms with Gasteiger partial charge in [-0.15, -0.1) is 0 Å². The molecule has 0 aromatic heterocycles. The van der Waals surface area contributed by atoms with Gasteiger partial charge in [0.05, 0.1) is 0 Å². The molecule has 1 aliphatic carbocycles. The highest BCUT2D eigenvalue weighted by Crippen LogP contribution is 2.30. The molecule has 14 heavy (non-hydrogen) atoms. The van der Waals surface area contributed by atoms with E-state index in [2.05, 4.69) is 37.5 Å². The predicted molar refractivity (Wildman–Crippen MR) is 67.0 cm³/mol. The van der Waals surface area contributed by atoms with E-state index in [1.807, 2.05) is 0 Å². The summed E-state index contributed by atoms with van der Waals surface area (Å²) in [5.74, 6) is 1.20. The van der Waals surface area contributed by atoms with Crippen molar-refractivity contribution in [1.29, 1.82) is 0 Å². The van der Waals surface area contributed by atoms with Crippen molar-refractivity contribution in [3.63, 3.8) is 0 Å². The van der Waals surface area contributed by atoms with Crippen molar-refractivity contribution in [2.45, 2.75) is 50.8 Å². The van der Waals surface area contributed by atoms with Gasteiger partial charge in [-0.1, -0.05) is 31.9 Å². The Balaban J connectivity index is 2.21. The summed E-state index contributed by atoms with van der Waals surface area (Å²) in [6.07, 6.45) is 5.74. The minimum Gasteiger partial charge on any atom is -0.310 e. The van der Waals surface area contributed by atoms with E-state index in [4.69, 9.17) is 0 Å². The van der Waals surface area contributed by atoms with E-state index >= 15 is 0 Å². The van der Waals surface area contributed by atoms with Crippen LogP contribution in [0.3, 0.4) is 0 Å². The molecule has 0 amide bonds. The summed E-state index contributed by atoms with van der Waals surface area (Å²) in [7, 11) is 0. The lowest BCUT2D eigenvalue weighted by atomic mass is 10.2. The van der Waals surface area contributed by atoms with Gasteiger partial charge in [-0.3, -0.25) is 0 Å². The van der Waals surface area contributed by atoms with Gasteiger partial charge in [-0.05, 0) is 26.3 Å². The van der Waals surface area contributed by atoms with Crippen molar-refractivity contribution >= 4 is 11.8 Å². The summed E-state index contributed by atoms with van der Waals surface area (Å²) < 4.78 is 0. The number of hydrogen-bond donors (Lipinski definition) is 1. The highest BCUT2D eigenvalue weighted by Gasteiger charge is 2.17. The molecule has 1 N–H and O–H groups in total. The third kappa shape index (κ3) is 4.05. The van der Waals surface area contributed by atoms with Gasteiger partial charge in [0.15, 0.2) is 0 Å². The fraction of sp³-hybridized carbons (Fsp3) is 0.833. The Kier molecular flexibility index (Phi) is 5.64. The maximum Gasteiger partial charge on any atom is 0.0365 e. The fourth-order valence-corrected chi connectivity index (χ4v) is 3.44. The lowest BCUT2D eigenvalue weighted by molar-refractivity contribution is 0.641. The number of rotatable bonds is 6. The first kappa shape index (κ1) is 12.1. The lowest BCUT2D eigenvalue weighted by Gasteiger charge is -2.19. The Morgan fingerprint density at radius 3 is 2.64 bits per heavy atom. The molecule has 0 aromatic rings. The molecular weight excluding hydrogens is 190 g/mol. The van der Waals surface area contributed by atoms with Gasteiger partial charge in [0.2, 0.25) is 0 Å². The number of hydrogen-bond acceptors (Lipinski definition) is 2. The quantitative estimate of drug-likeness (QED) is 0.680. The predicted octanol–water partition coefficient (Wildman–Crippen LogP) is 3.22. The molecule has 0 aliphatic heterocycles. The van der Waals surface area contributed by atoms with E-state index in [1.54, 1.807) is 0 Å². The van der Waals surface area contributed by atoms with E-state index < -0.39 is 0 Å². The molecule has 0 heterocycles. The largest absolute Gasteiger partial charge is 0.310 e. The lowest BCUT2D eigenvalue weighted by Crippen LogP contribution is -2.32. The van der Waals surface area contributed by atoms with E-state index in [0.717, 1.165) is 11.8 Å². The molecule has 0 radical (unpaired) electrons. The van der Waals surface area contributed by atoms with Gasteiger partial charge in [0, 0.05) is 17.0 Å². The third-order valence-corrected chi connectivity index (χ3v) is 4.31. The van der Waals surface area contributed by atoms with Crippen molar-refractivity contribution in [2.24, 2.45) is 0 Å². The van der Waals surface area contributed by atoms with E-state index in [0.29, 0.717) is 6.04 Å². The minimum absolute atomic E-state index is 0.519. The summed E-state index contributed by atoms with van der Waals surface area (Å²) in [6, 6.07) is 0.519. The number of thioether (sulfide) groups is 1. The molecule has 0 spiro atoms. The van der Waals surface area contributed by atoms with Crippen LogP contribution in [-0.2, 0) is 0 Å². The Bertz CT molecular complexity index is 173. The van der Waals surface area contributed by atoms with Crippen LogP contribution in [0.25, 0.3) is 0 Å². The van der Waals surface area contributed by atoms with Gasteiger partial charge in [0.1, 0.15) is 0 Å². The van der Waals surface area contributed by atoms with Crippen LogP contribution in [0.5, 0.6) is 0 Å². The topological polar surface area (TPSA) is 12.0 Å². The van der Waals surface area contributed by atoms with Crippen LogP contribution in [0, 0.1) is 0 Å². The zero-order chi connectivity index (χ0) is 10.4. The molecule has 1 nitrogen and oxygen atoms in total. The van der Waals surface area contributed by atoms with Gasteiger partial charge in [-0.2, -0.15) is 11.8 Å². The molecule has 1 unspecified atom stereocenters. The van der Waals surface area contributed by atoms with Crippen LogP contribution in [0.4, 0.5) is 0 Å². The van der Waals surface area contributed by atoms with Crippen molar-refractivity contribution in [3.8, 4) is 0 Å². The van der Waals surface area contributed by atoms with Crippen LogP contribution >= 0.6 is 11.8 Å². The summed E-state index contributed by atoms with van der Waals surface area (Å²) in [5.41, 5.74) is 1.28. The van der Waals surface area contributed by atoms with Crippen molar-refractivity contribution in [2.75, 3.05) is 12.3 Å². The Morgan fingerprint density at radius 1 is 1.50 bits per heavy atom. The highest BCUT2D eigenvalue weighted by atomic mass is 32.2. The molecule has 0 bridgehead atoms. The molecule has 1 aliphatic rings. The van der Waals surface area contributed by atoms with Crippen molar-refractivity contribution < 1.29 is 0 Å². The molecular formula is C12H23NS. The van der Waals surface area contributed by atoms with E-state index in [1.165, 1.54) is 37.0 Å². The molecule has 2 heteroatoms. The molecule has 1 fully saturated rings. The van der Waals surface area contributed by atoms with Gasteiger partial charge >= 0.3 is 0 Å². The van der Waals surface area contributed by atoms with Gasteiger partial charge < -0.3 is 5.32 Å². The Hall–Kier alpha value is 0.0500. The number of nitrogens with one attached hydrogen (secondary N) is 1. The zero-order valence-electron chi connectivity index (χ0n) is 9.51. The van der Waals surface area contributed by atoms with Crippen LogP contribution in [0.2, 0.25) is 0 Å². The first-order valence-electron chi connectivity index (χ1n) is 5.74. The number of likely N-dealkylation sites (N-methyl/N-ethyl adjacent to an activating group) is 1. The van der Waals surface area contributed by atoms with E-state index in [9.17, 15) is 0 Å². The highest BCUT2D eigenvalue weighted by molar-refractivity contribution is 7.99. The monoisotopic (exact) mass is 213 g/mol. The Labute approximate surface area is 92.7 Å². The van der Waals surface area contributed by atoms with Gasteiger partial charge in [-0.25, -0.2) is 0 Å². The first-order valence-corrected chi connectivity index (χ1v) is 6.79. The van der Waals surface area contributed by atoms with Crippen LogP contribution in [-0.4, -0.2) is 23.6 Å². The summed E-state index contributed by atoms with van der Waals surface area (Å²) in [4.78, 5) is 0. The smallest absolute Gasteiger partial charge is 0.0365 e. The first-order chi connectivity index (χ1) is 6.74. The normalized spacial score (nSPS) is 19.9. The zero-order valence-corrected chi connectivity index (χ0v) is 10.3. The molecule has 82 valence electrons. The second kappa shape index (κ2) is 6.52. The van der Waals surface area contributed by atoms with Crippen molar-refractivity contribution in [1.82, 2.24) is 5.32 Å². The average molecular weight is 213 g/mol. The minimum atomic E-state index is 0.519. The summed E-state index contributed by atoms with van der Waals surface area (Å²) in [6.45, 7) is 9.38. The Morgan fingerprint density at radius 2 is 2.14 bits per heavy atom. The second-order valence-corrected chi connectivity index (χ2v) is 5.53. The van der Waals surface area contributed by atoms with Crippen LogP contribution < -0.4 is 5.32 Å².